The molecule has 2 saturated heterocycles. The van der Waals surface area contributed by atoms with Crippen molar-refractivity contribution >= 4 is 30.0 Å². The number of anilines is 1. The van der Waals surface area contributed by atoms with Crippen LogP contribution in [-0.2, 0) is 20.9 Å². The predicted octanol–water partition coefficient (Wildman–Crippen LogP) is 0.492. The van der Waals surface area contributed by atoms with Crippen molar-refractivity contribution in [1.82, 2.24) is 20.0 Å². The largest absolute Gasteiger partial charge is 0.378 e. The van der Waals surface area contributed by atoms with Gasteiger partial charge in [0.25, 0.3) is 0 Å². The molecule has 2 aliphatic rings. The first-order valence-corrected chi connectivity index (χ1v) is 8.60. The van der Waals surface area contributed by atoms with E-state index in [-0.39, 0.29) is 30.8 Å². The lowest BCUT2D eigenvalue weighted by Crippen LogP contribution is -2.42. The summed E-state index contributed by atoms with van der Waals surface area (Å²) in [4.78, 5) is 25.9. The normalized spacial score (nSPS) is 20.2. The zero-order chi connectivity index (χ0) is 16.8. The molecule has 1 aromatic rings. The summed E-state index contributed by atoms with van der Waals surface area (Å²) in [6, 6.07) is 1.72. The summed E-state index contributed by atoms with van der Waals surface area (Å²) in [7, 11) is 0. The summed E-state index contributed by atoms with van der Waals surface area (Å²) < 4.78 is 6.80. The number of nitrogens with zero attached hydrogens (tertiary/aromatic N) is 3. The molecule has 0 radical (unpaired) electrons. The highest BCUT2D eigenvalue weighted by Crippen LogP contribution is 2.15. The topological polar surface area (TPSA) is 88.5 Å². The van der Waals surface area contributed by atoms with Gasteiger partial charge < -0.3 is 20.3 Å². The standard InChI is InChI=1S/C16H25N5O3.ClH/c22-15(2-1-13-3-5-17-11-13)18-14-4-6-21(19-14)12-16(23)20-7-9-24-10-8-20;/h4,6,13,17H,1-3,5,7-12H2,(H,18,19,22);1H. The maximum Gasteiger partial charge on any atom is 0.244 e. The van der Waals surface area contributed by atoms with Crippen molar-refractivity contribution in [3.05, 3.63) is 12.3 Å². The Bertz CT molecular complexity index is 568. The van der Waals surface area contributed by atoms with E-state index in [0.717, 1.165) is 25.9 Å². The van der Waals surface area contributed by atoms with Gasteiger partial charge >= 0.3 is 0 Å². The van der Waals surface area contributed by atoms with Crippen molar-refractivity contribution in [3.8, 4) is 0 Å². The van der Waals surface area contributed by atoms with E-state index in [0.29, 0.717) is 44.5 Å². The number of rotatable bonds is 6. The van der Waals surface area contributed by atoms with Gasteiger partial charge in [0.05, 0.1) is 13.2 Å². The third-order valence-corrected chi connectivity index (χ3v) is 4.51. The number of hydrogen-bond donors (Lipinski definition) is 2. The average molecular weight is 372 g/mol. The second-order valence-electron chi connectivity index (χ2n) is 6.34. The van der Waals surface area contributed by atoms with Gasteiger partial charge in [-0.05, 0) is 31.8 Å². The van der Waals surface area contributed by atoms with Crippen molar-refractivity contribution in [1.29, 1.82) is 0 Å². The van der Waals surface area contributed by atoms with Crippen LogP contribution in [0.15, 0.2) is 12.3 Å². The lowest BCUT2D eigenvalue weighted by Gasteiger charge is -2.26. The smallest absolute Gasteiger partial charge is 0.244 e. The Kier molecular flexibility index (Phi) is 7.67. The Morgan fingerprint density at radius 1 is 1.36 bits per heavy atom. The van der Waals surface area contributed by atoms with Crippen molar-refractivity contribution in [2.24, 2.45) is 5.92 Å². The van der Waals surface area contributed by atoms with Gasteiger partial charge in [-0.1, -0.05) is 0 Å². The third-order valence-electron chi connectivity index (χ3n) is 4.51. The van der Waals surface area contributed by atoms with Gasteiger partial charge in [0.15, 0.2) is 5.82 Å². The quantitative estimate of drug-likeness (QED) is 0.759. The number of aromatic nitrogens is 2. The Morgan fingerprint density at radius 3 is 2.88 bits per heavy atom. The number of carbonyl (C=O) groups is 2. The number of nitrogens with one attached hydrogen (secondary N) is 2. The van der Waals surface area contributed by atoms with E-state index in [1.54, 1.807) is 21.8 Å². The summed E-state index contributed by atoms with van der Waals surface area (Å²) in [5.74, 6) is 1.10. The first-order chi connectivity index (χ1) is 11.7. The van der Waals surface area contributed by atoms with Gasteiger partial charge in [-0.2, -0.15) is 5.10 Å². The highest BCUT2D eigenvalue weighted by Gasteiger charge is 2.18. The molecule has 1 unspecified atom stereocenters. The Labute approximate surface area is 153 Å². The molecule has 2 aliphatic heterocycles. The molecule has 140 valence electrons. The van der Waals surface area contributed by atoms with E-state index in [2.05, 4.69) is 15.7 Å². The van der Waals surface area contributed by atoms with Crippen LogP contribution in [0.4, 0.5) is 5.82 Å². The summed E-state index contributed by atoms with van der Waals surface area (Å²) in [5, 5.41) is 10.4. The molecular weight excluding hydrogens is 346 g/mol. The second kappa shape index (κ2) is 9.74. The van der Waals surface area contributed by atoms with Gasteiger partial charge in [-0.15, -0.1) is 12.4 Å². The molecule has 2 amide bonds. The minimum absolute atomic E-state index is 0. The number of hydrogen-bond acceptors (Lipinski definition) is 5. The third kappa shape index (κ3) is 5.98. The van der Waals surface area contributed by atoms with Crippen LogP contribution in [0.1, 0.15) is 19.3 Å². The van der Waals surface area contributed by atoms with Gasteiger partial charge in [0.2, 0.25) is 11.8 Å². The zero-order valence-corrected chi connectivity index (χ0v) is 15.1. The van der Waals surface area contributed by atoms with Gasteiger partial charge in [0.1, 0.15) is 6.54 Å². The minimum Gasteiger partial charge on any atom is -0.378 e. The number of halogens is 1. The maximum atomic E-state index is 12.2. The van der Waals surface area contributed by atoms with Gasteiger partial charge in [-0.3, -0.25) is 14.3 Å². The summed E-state index contributed by atoms with van der Waals surface area (Å²) in [6.45, 7) is 4.66. The monoisotopic (exact) mass is 371 g/mol. The first kappa shape index (κ1) is 19.7. The molecular formula is C16H26ClN5O3. The van der Waals surface area contributed by atoms with E-state index in [1.165, 1.54) is 0 Å². The molecule has 1 aromatic heterocycles. The highest BCUT2D eigenvalue weighted by atomic mass is 35.5. The van der Waals surface area contributed by atoms with Crippen LogP contribution in [-0.4, -0.2) is 65.9 Å². The molecule has 0 aromatic carbocycles. The lowest BCUT2D eigenvalue weighted by molar-refractivity contribution is -0.136. The fourth-order valence-electron chi connectivity index (χ4n) is 3.07. The van der Waals surface area contributed by atoms with Crippen molar-refractivity contribution in [3.63, 3.8) is 0 Å². The first-order valence-electron chi connectivity index (χ1n) is 8.60. The number of amides is 2. The SMILES string of the molecule is Cl.O=C(CCC1CCNC1)Nc1ccn(CC(=O)N2CCOCC2)n1. The highest BCUT2D eigenvalue weighted by molar-refractivity contribution is 5.89. The molecule has 0 spiro atoms. The van der Waals surface area contributed by atoms with E-state index < -0.39 is 0 Å². The number of carbonyl (C=O) groups excluding carboxylic acids is 2. The second-order valence-corrected chi connectivity index (χ2v) is 6.34. The van der Waals surface area contributed by atoms with Gasteiger partial charge in [-0.25, -0.2) is 0 Å². The molecule has 9 heteroatoms. The minimum atomic E-state index is -0.0216. The molecule has 2 fully saturated rings. The van der Waals surface area contributed by atoms with Crippen LogP contribution < -0.4 is 10.6 Å². The molecule has 0 aliphatic carbocycles. The van der Waals surface area contributed by atoms with Crippen LogP contribution in [0.3, 0.4) is 0 Å². The summed E-state index contributed by atoms with van der Waals surface area (Å²) >= 11 is 0. The van der Waals surface area contributed by atoms with Crippen LogP contribution >= 0.6 is 12.4 Å². The Morgan fingerprint density at radius 2 is 2.16 bits per heavy atom. The summed E-state index contributed by atoms with van der Waals surface area (Å²) in [5.41, 5.74) is 0. The zero-order valence-electron chi connectivity index (χ0n) is 14.3. The molecule has 0 bridgehead atoms. The van der Waals surface area contributed by atoms with Crippen molar-refractivity contribution < 1.29 is 14.3 Å². The van der Waals surface area contributed by atoms with Crippen LogP contribution in [0, 0.1) is 5.92 Å². The molecule has 0 saturated carbocycles. The Balaban J connectivity index is 0.00000225. The van der Waals surface area contributed by atoms with Crippen LogP contribution in [0.25, 0.3) is 0 Å². The molecule has 8 nitrogen and oxygen atoms in total. The van der Waals surface area contributed by atoms with E-state index in [9.17, 15) is 9.59 Å². The Hall–Kier alpha value is -1.64. The maximum absolute atomic E-state index is 12.2. The lowest BCUT2D eigenvalue weighted by atomic mass is 10.0. The molecule has 25 heavy (non-hydrogen) atoms. The van der Waals surface area contributed by atoms with Gasteiger partial charge in [0, 0.05) is 31.8 Å². The molecule has 1 atom stereocenters. The summed E-state index contributed by atoms with van der Waals surface area (Å²) in [6.07, 6.45) is 4.27. The van der Waals surface area contributed by atoms with E-state index >= 15 is 0 Å². The average Bonchev–Trinajstić information content (AvgIpc) is 3.26. The van der Waals surface area contributed by atoms with E-state index in [4.69, 9.17) is 4.74 Å². The van der Waals surface area contributed by atoms with Crippen LogP contribution in [0.5, 0.6) is 0 Å². The number of morpholine rings is 1. The molecule has 3 rings (SSSR count). The van der Waals surface area contributed by atoms with Crippen molar-refractivity contribution in [2.75, 3.05) is 44.7 Å². The predicted molar refractivity (Wildman–Crippen MR) is 95.7 cm³/mol. The fraction of sp³-hybridized carbons (Fsp3) is 0.688. The van der Waals surface area contributed by atoms with Crippen molar-refractivity contribution in [2.45, 2.75) is 25.8 Å². The fourth-order valence-corrected chi connectivity index (χ4v) is 3.07. The number of ether oxygens (including phenoxy) is 1. The van der Waals surface area contributed by atoms with Crippen LogP contribution in [0.2, 0.25) is 0 Å². The van der Waals surface area contributed by atoms with E-state index in [1.807, 2.05) is 0 Å². The molecule has 2 N–H and O–H groups in total. The molecule has 3 heterocycles.